The minimum absolute atomic E-state index is 0.185. The molecule has 0 aromatic carbocycles. The predicted molar refractivity (Wildman–Crippen MR) is 72.0 cm³/mol. The summed E-state index contributed by atoms with van der Waals surface area (Å²) in [5.74, 6) is 5.83. The average molecular weight is 257 g/mol. The fraction of sp³-hybridized carbons (Fsp3) is 0.923. The van der Waals surface area contributed by atoms with E-state index in [-0.39, 0.29) is 6.09 Å². The maximum atomic E-state index is 12.0. The smallest absolute Gasteiger partial charge is 0.410 e. The lowest BCUT2D eigenvalue weighted by molar-refractivity contribution is 0.0232. The second-order valence-corrected chi connectivity index (χ2v) is 6.03. The molecule has 1 atom stereocenters. The largest absolute Gasteiger partial charge is 0.444 e. The summed E-state index contributed by atoms with van der Waals surface area (Å²) in [7, 11) is 0. The Morgan fingerprint density at radius 1 is 1.44 bits per heavy atom. The Balaban J connectivity index is 2.50. The van der Waals surface area contributed by atoms with E-state index in [4.69, 9.17) is 10.6 Å². The summed E-state index contributed by atoms with van der Waals surface area (Å²) in [5.41, 5.74) is 2.26. The van der Waals surface area contributed by atoms with Crippen LogP contribution in [0.1, 0.15) is 46.5 Å². The van der Waals surface area contributed by atoms with Crippen LogP contribution in [-0.2, 0) is 4.74 Å². The summed E-state index contributed by atoms with van der Waals surface area (Å²) in [5, 5.41) is 0. The summed E-state index contributed by atoms with van der Waals surface area (Å²) in [6, 6.07) is 0. The van der Waals surface area contributed by atoms with Crippen LogP contribution in [0.15, 0.2) is 0 Å². The number of likely N-dealkylation sites (tertiary alicyclic amines) is 1. The molecule has 5 heteroatoms. The highest BCUT2D eigenvalue weighted by atomic mass is 16.6. The molecular formula is C13H27N3O2. The molecule has 0 aliphatic carbocycles. The first kappa shape index (κ1) is 15.2. The molecule has 18 heavy (non-hydrogen) atoms. The Bertz CT molecular complexity index is 263. The quantitative estimate of drug-likeness (QED) is 0.598. The number of carbonyl (C=O) groups is 1. The van der Waals surface area contributed by atoms with Crippen molar-refractivity contribution in [1.29, 1.82) is 0 Å². The maximum absolute atomic E-state index is 12.0. The Kier molecular flexibility index (Phi) is 5.88. The number of nitrogens with zero attached hydrogens (tertiary/aromatic N) is 1. The summed E-state index contributed by atoms with van der Waals surface area (Å²) < 4.78 is 5.43. The molecule has 1 rings (SSSR count). The van der Waals surface area contributed by atoms with Crippen LogP contribution in [-0.4, -0.2) is 36.2 Å². The number of nitrogens with one attached hydrogen (secondary N) is 1. The normalized spacial score (nSPS) is 21.6. The summed E-state index contributed by atoms with van der Waals surface area (Å²) in [6.07, 6.45) is 4.23. The van der Waals surface area contributed by atoms with Crippen molar-refractivity contribution in [3.8, 4) is 0 Å². The van der Waals surface area contributed by atoms with E-state index >= 15 is 0 Å². The SMILES string of the molecule is CC(C)(C)OC(=O)N1CCCCC(CCNN)C1. The molecule has 0 radical (unpaired) electrons. The number of amides is 1. The molecule has 0 aromatic rings. The van der Waals surface area contributed by atoms with Crippen molar-refractivity contribution < 1.29 is 9.53 Å². The van der Waals surface area contributed by atoms with Gasteiger partial charge in [0.05, 0.1) is 0 Å². The van der Waals surface area contributed by atoms with E-state index in [1.54, 1.807) is 0 Å². The third-order valence-electron chi connectivity index (χ3n) is 3.12. The first-order chi connectivity index (χ1) is 8.42. The minimum Gasteiger partial charge on any atom is -0.444 e. The van der Waals surface area contributed by atoms with Gasteiger partial charge in [-0.05, 0) is 46.0 Å². The molecule has 1 aliphatic rings. The third kappa shape index (κ3) is 5.69. The number of rotatable bonds is 3. The molecule has 0 saturated carbocycles. The van der Waals surface area contributed by atoms with Crippen molar-refractivity contribution in [3.05, 3.63) is 0 Å². The summed E-state index contributed by atoms with van der Waals surface area (Å²) >= 11 is 0. The van der Waals surface area contributed by atoms with E-state index in [2.05, 4.69) is 5.43 Å². The zero-order chi connectivity index (χ0) is 13.6. The molecule has 1 fully saturated rings. The molecule has 1 saturated heterocycles. The van der Waals surface area contributed by atoms with Gasteiger partial charge in [0.2, 0.25) is 0 Å². The monoisotopic (exact) mass is 257 g/mol. The highest BCUT2D eigenvalue weighted by Crippen LogP contribution is 2.21. The van der Waals surface area contributed by atoms with Crippen LogP contribution < -0.4 is 11.3 Å². The summed E-state index contributed by atoms with van der Waals surface area (Å²) in [6.45, 7) is 8.10. The van der Waals surface area contributed by atoms with Crippen molar-refractivity contribution in [2.45, 2.75) is 52.1 Å². The molecule has 106 valence electrons. The molecule has 1 heterocycles. The van der Waals surface area contributed by atoms with E-state index in [1.807, 2.05) is 25.7 Å². The maximum Gasteiger partial charge on any atom is 0.410 e. The van der Waals surface area contributed by atoms with Gasteiger partial charge < -0.3 is 9.64 Å². The molecule has 0 spiro atoms. The van der Waals surface area contributed by atoms with Gasteiger partial charge in [-0.15, -0.1) is 0 Å². The lowest BCUT2D eigenvalue weighted by Crippen LogP contribution is -2.39. The zero-order valence-electron chi connectivity index (χ0n) is 11.9. The fourth-order valence-electron chi connectivity index (χ4n) is 2.25. The van der Waals surface area contributed by atoms with Gasteiger partial charge in [-0.25, -0.2) is 4.79 Å². The van der Waals surface area contributed by atoms with Crippen LogP contribution >= 0.6 is 0 Å². The lowest BCUT2D eigenvalue weighted by Gasteiger charge is -2.28. The van der Waals surface area contributed by atoms with Gasteiger partial charge in [-0.2, -0.15) is 0 Å². The first-order valence-electron chi connectivity index (χ1n) is 6.84. The zero-order valence-corrected chi connectivity index (χ0v) is 11.9. The van der Waals surface area contributed by atoms with Crippen LogP contribution in [0.4, 0.5) is 4.79 Å². The van der Waals surface area contributed by atoms with Crippen molar-refractivity contribution in [1.82, 2.24) is 10.3 Å². The van der Waals surface area contributed by atoms with Gasteiger partial charge >= 0.3 is 6.09 Å². The Morgan fingerprint density at radius 2 is 2.17 bits per heavy atom. The van der Waals surface area contributed by atoms with Gasteiger partial charge in [0.1, 0.15) is 5.60 Å². The van der Waals surface area contributed by atoms with E-state index in [0.717, 1.165) is 32.5 Å². The number of ether oxygens (including phenoxy) is 1. The van der Waals surface area contributed by atoms with Gasteiger partial charge in [0, 0.05) is 19.6 Å². The van der Waals surface area contributed by atoms with Crippen molar-refractivity contribution >= 4 is 6.09 Å². The predicted octanol–water partition coefficient (Wildman–Crippen LogP) is 1.88. The molecule has 3 N–H and O–H groups in total. The van der Waals surface area contributed by atoms with Crippen molar-refractivity contribution in [2.75, 3.05) is 19.6 Å². The van der Waals surface area contributed by atoms with Crippen LogP contribution in [0, 0.1) is 5.92 Å². The standard InChI is InChI=1S/C13H27N3O2/c1-13(2,3)18-12(17)16-9-5-4-6-11(10-16)7-8-15-14/h11,15H,4-10,14H2,1-3H3. The third-order valence-corrected chi connectivity index (χ3v) is 3.12. The number of hydrogen-bond donors (Lipinski definition) is 2. The van der Waals surface area contributed by atoms with Crippen molar-refractivity contribution in [3.63, 3.8) is 0 Å². The van der Waals surface area contributed by atoms with E-state index in [0.29, 0.717) is 5.92 Å². The fourth-order valence-corrected chi connectivity index (χ4v) is 2.25. The van der Waals surface area contributed by atoms with Gasteiger partial charge in [-0.3, -0.25) is 11.3 Å². The second-order valence-electron chi connectivity index (χ2n) is 6.03. The van der Waals surface area contributed by atoms with E-state index < -0.39 is 5.60 Å². The van der Waals surface area contributed by atoms with E-state index in [1.165, 1.54) is 12.8 Å². The van der Waals surface area contributed by atoms with Crippen LogP contribution in [0.3, 0.4) is 0 Å². The van der Waals surface area contributed by atoms with Crippen LogP contribution in [0.5, 0.6) is 0 Å². The van der Waals surface area contributed by atoms with Gasteiger partial charge in [0.25, 0.3) is 0 Å². The van der Waals surface area contributed by atoms with E-state index in [9.17, 15) is 4.79 Å². The van der Waals surface area contributed by atoms with Gasteiger partial charge in [0.15, 0.2) is 0 Å². The Labute approximate surface area is 110 Å². The molecule has 1 aliphatic heterocycles. The Hall–Kier alpha value is -0.810. The van der Waals surface area contributed by atoms with Crippen LogP contribution in [0.2, 0.25) is 0 Å². The molecule has 1 amide bonds. The van der Waals surface area contributed by atoms with Crippen LogP contribution in [0.25, 0.3) is 0 Å². The highest BCUT2D eigenvalue weighted by molar-refractivity contribution is 5.68. The minimum atomic E-state index is -0.419. The lowest BCUT2D eigenvalue weighted by atomic mass is 10.00. The average Bonchev–Trinajstić information content (AvgIpc) is 2.49. The molecule has 0 aromatic heterocycles. The topological polar surface area (TPSA) is 67.6 Å². The molecular weight excluding hydrogens is 230 g/mol. The first-order valence-corrected chi connectivity index (χ1v) is 6.84. The van der Waals surface area contributed by atoms with Gasteiger partial charge in [-0.1, -0.05) is 6.42 Å². The highest BCUT2D eigenvalue weighted by Gasteiger charge is 2.25. The molecule has 5 nitrogen and oxygen atoms in total. The Morgan fingerprint density at radius 3 is 2.78 bits per heavy atom. The number of nitrogens with two attached hydrogens (primary N) is 1. The number of carbonyl (C=O) groups excluding carboxylic acids is 1. The molecule has 1 unspecified atom stereocenters. The second kappa shape index (κ2) is 6.95. The number of hydrazine groups is 1. The van der Waals surface area contributed by atoms with Crippen molar-refractivity contribution in [2.24, 2.45) is 11.8 Å². The summed E-state index contributed by atoms with van der Waals surface area (Å²) in [4.78, 5) is 13.9. The molecule has 0 bridgehead atoms. The number of hydrogen-bond acceptors (Lipinski definition) is 4.